The van der Waals surface area contributed by atoms with E-state index in [1.807, 2.05) is 19.1 Å². The maximum Gasteiger partial charge on any atom is 0.258 e. The standard InChI is InChI=1S/C26H35N5O5S/c1-5-21(25-20-16-23(35-2)24(36-3)17-22(20)29-26(25)32)28-18-6-8-19(9-7-18)31(37(4,33)34)15-14-30-12-10-27-11-13-30/h6-9,16-17,27-28H,5,10-15H2,1-4H3,(H,29,32). The first-order valence-corrected chi connectivity index (χ1v) is 14.2. The zero-order chi connectivity index (χ0) is 26.6. The van der Waals surface area contributed by atoms with E-state index in [0.717, 1.165) is 43.1 Å². The molecule has 2 aliphatic rings. The van der Waals surface area contributed by atoms with Crippen molar-refractivity contribution in [2.24, 2.45) is 0 Å². The lowest BCUT2D eigenvalue weighted by atomic mass is 10.0. The molecule has 2 aliphatic heterocycles. The van der Waals surface area contributed by atoms with Gasteiger partial charge in [0, 0.05) is 62.3 Å². The van der Waals surface area contributed by atoms with Gasteiger partial charge in [-0.2, -0.15) is 0 Å². The summed E-state index contributed by atoms with van der Waals surface area (Å²) in [5, 5.41) is 9.57. The minimum absolute atomic E-state index is 0.206. The monoisotopic (exact) mass is 529 g/mol. The molecule has 200 valence electrons. The number of carbonyl (C=O) groups is 1. The summed E-state index contributed by atoms with van der Waals surface area (Å²) in [5.41, 5.74) is 4.04. The van der Waals surface area contributed by atoms with Crippen LogP contribution in [0.3, 0.4) is 0 Å². The van der Waals surface area contributed by atoms with Crippen LogP contribution >= 0.6 is 0 Å². The highest BCUT2D eigenvalue weighted by Crippen LogP contribution is 2.42. The van der Waals surface area contributed by atoms with Crippen molar-refractivity contribution in [3.63, 3.8) is 0 Å². The molecule has 0 bridgehead atoms. The van der Waals surface area contributed by atoms with Crippen LogP contribution in [0.25, 0.3) is 5.57 Å². The van der Waals surface area contributed by atoms with Crippen molar-refractivity contribution in [2.75, 3.05) is 74.7 Å². The summed E-state index contributed by atoms with van der Waals surface area (Å²) in [6, 6.07) is 10.8. The third kappa shape index (κ3) is 6.00. The number of methoxy groups -OCH3 is 2. The number of benzene rings is 2. The number of hydrogen-bond donors (Lipinski definition) is 3. The number of piperazine rings is 1. The van der Waals surface area contributed by atoms with E-state index in [1.165, 1.54) is 10.6 Å². The highest BCUT2D eigenvalue weighted by Gasteiger charge is 2.29. The first-order chi connectivity index (χ1) is 17.7. The fourth-order valence-corrected chi connectivity index (χ4v) is 5.58. The number of nitrogens with zero attached hydrogens (tertiary/aromatic N) is 2. The van der Waals surface area contributed by atoms with E-state index in [4.69, 9.17) is 9.47 Å². The van der Waals surface area contributed by atoms with Crippen LogP contribution < -0.4 is 29.7 Å². The average Bonchev–Trinajstić information content (AvgIpc) is 3.21. The zero-order valence-electron chi connectivity index (χ0n) is 21.8. The summed E-state index contributed by atoms with van der Waals surface area (Å²) >= 11 is 0. The summed E-state index contributed by atoms with van der Waals surface area (Å²) in [4.78, 5) is 15.2. The van der Waals surface area contributed by atoms with E-state index in [2.05, 4.69) is 20.9 Å². The molecule has 4 rings (SSSR count). The number of hydrogen-bond acceptors (Lipinski definition) is 8. The SMILES string of the molecule is CCC(Nc1ccc(N(CCN2CCNCC2)S(C)(=O)=O)cc1)=C1C(=O)Nc2cc(OC)c(OC)cc21. The Bertz CT molecular complexity index is 1270. The maximum atomic E-state index is 12.9. The van der Waals surface area contributed by atoms with Gasteiger partial charge in [0.1, 0.15) is 0 Å². The molecule has 0 aromatic heterocycles. The van der Waals surface area contributed by atoms with E-state index in [0.29, 0.717) is 48.0 Å². The van der Waals surface area contributed by atoms with Crippen molar-refractivity contribution in [3.05, 3.63) is 47.7 Å². The average molecular weight is 530 g/mol. The number of anilines is 3. The summed E-state index contributed by atoms with van der Waals surface area (Å²) < 4.78 is 37.3. The van der Waals surface area contributed by atoms with Gasteiger partial charge in [-0.3, -0.25) is 14.0 Å². The van der Waals surface area contributed by atoms with Crippen LogP contribution in [-0.4, -0.2) is 79.0 Å². The molecule has 2 heterocycles. The molecule has 0 saturated carbocycles. The molecule has 3 N–H and O–H groups in total. The first-order valence-electron chi connectivity index (χ1n) is 12.3. The Kier molecular flexibility index (Phi) is 8.25. The predicted molar refractivity (Wildman–Crippen MR) is 147 cm³/mol. The summed E-state index contributed by atoms with van der Waals surface area (Å²) in [7, 11) is -0.330. The van der Waals surface area contributed by atoms with Crippen molar-refractivity contribution >= 4 is 38.6 Å². The molecule has 1 amide bonds. The van der Waals surface area contributed by atoms with Crippen molar-refractivity contribution < 1.29 is 22.7 Å². The third-order valence-corrected chi connectivity index (χ3v) is 7.80. The third-order valence-electron chi connectivity index (χ3n) is 6.60. The van der Waals surface area contributed by atoms with Crippen LogP contribution in [0.1, 0.15) is 18.9 Å². The number of allylic oxidation sites excluding steroid dienone is 1. The van der Waals surface area contributed by atoms with Crippen molar-refractivity contribution in [1.82, 2.24) is 10.2 Å². The highest BCUT2D eigenvalue weighted by molar-refractivity contribution is 7.92. The van der Waals surface area contributed by atoms with Crippen molar-refractivity contribution in [1.29, 1.82) is 0 Å². The van der Waals surface area contributed by atoms with Crippen molar-refractivity contribution in [3.8, 4) is 11.5 Å². The summed E-state index contributed by atoms with van der Waals surface area (Å²) in [6.07, 6.45) is 1.81. The van der Waals surface area contributed by atoms with E-state index in [1.54, 1.807) is 38.5 Å². The minimum atomic E-state index is -3.44. The van der Waals surface area contributed by atoms with E-state index in [-0.39, 0.29) is 5.91 Å². The van der Waals surface area contributed by atoms with E-state index >= 15 is 0 Å². The van der Waals surface area contributed by atoms with Gasteiger partial charge in [0.25, 0.3) is 5.91 Å². The number of nitrogens with one attached hydrogen (secondary N) is 3. The second-order valence-corrected chi connectivity index (χ2v) is 10.9. The number of sulfonamides is 1. The van der Waals surface area contributed by atoms with Gasteiger partial charge in [-0.05, 0) is 36.8 Å². The largest absolute Gasteiger partial charge is 0.493 e. The number of rotatable bonds is 10. The second kappa shape index (κ2) is 11.4. The predicted octanol–water partition coefficient (Wildman–Crippen LogP) is 2.56. The number of amides is 1. The second-order valence-electron chi connectivity index (χ2n) is 9.01. The highest BCUT2D eigenvalue weighted by atomic mass is 32.2. The fraction of sp³-hybridized carbons (Fsp3) is 0.423. The van der Waals surface area contributed by atoms with Crippen LogP contribution in [-0.2, 0) is 14.8 Å². The summed E-state index contributed by atoms with van der Waals surface area (Å²) in [6.45, 7) is 6.67. The molecule has 0 spiro atoms. The topological polar surface area (TPSA) is 112 Å². The Morgan fingerprint density at radius 2 is 1.73 bits per heavy atom. The van der Waals surface area contributed by atoms with E-state index in [9.17, 15) is 13.2 Å². The minimum Gasteiger partial charge on any atom is -0.493 e. The number of carbonyl (C=O) groups excluding carboxylic acids is 1. The summed E-state index contributed by atoms with van der Waals surface area (Å²) in [5.74, 6) is 0.871. The quantitative estimate of drug-likeness (QED) is 0.403. The Balaban J connectivity index is 1.56. The van der Waals surface area contributed by atoms with Crippen LogP contribution in [0.4, 0.5) is 17.1 Å². The molecule has 11 heteroatoms. The molecule has 0 aliphatic carbocycles. The van der Waals surface area contributed by atoms with Gasteiger partial charge in [0.15, 0.2) is 11.5 Å². The van der Waals surface area contributed by atoms with Crippen molar-refractivity contribution in [2.45, 2.75) is 13.3 Å². The van der Waals surface area contributed by atoms with Gasteiger partial charge in [-0.15, -0.1) is 0 Å². The number of fused-ring (bicyclic) bond motifs is 1. The first kappa shape index (κ1) is 26.8. The van der Waals surface area contributed by atoms with Gasteiger partial charge >= 0.3 is 0 Å². The Morgan fingerprint density at radius 1 is 1.08 bits per heavy atom. The molecule has 0 radical (unpaired) electrons. The molecule has 1 fully saturated rings. The Morgan fingerprint density at radius 3 is 2.32 bits per heavy atom. The lowest BCUT2D eigenvalue weighted by Gasteiger charge is -2.30. The van der Waals surface area contributed by atoms with E-state index < -0.39 is 10.0 Å². The van der Waals surface area contributed by atoms with Crippen LogP contribution in [0.15, 0.2) is 42.1 Å². The number of ether oxygens (including phenoxy) is 2. The Hall–Kier alpha value is -3.28. The Labute approximate surface area is 218 Å². The molecule has 2 aromatic rings. The van der Waals surface area contributed by atoms with Gasteiger partial charge in [-0.25, -0.2) is 8.42 Å². The van der Waals surface area contributed by atoms with Gasteiger partial charge in [0.05, 0.1) is 37.4 Å². The lowest BCUT2D eigenvalue weighted by Crippen LogP contribution is -2.47. The smallest absolute Gasteiger partial charge is 0.258 e. The van der Waals surface area contributed by atoms with Crippen LogP contribution in [0.5, 0.6) is 11.5 Å². The van der Waals surface area contributed by atoms with Gasteiger partial charge in [-0.1, -0.05) is 6.92 Å². The molecule has 0 unspecified atom stereocenters. The molecule has 10 nitrogen and oxygen atoms in total. The molecular weight excluding hydrogens is 494 g/mol. The van der Waals surface area contributed by atoms with Crippen LogP contribution in [0.2, 0.25) is 0 Å². The normalized spacial score (nSPS) is 17.1. The molecule has 1 saturated heterocycles. The fourth-order valence-electron chi connectivity index (χ4n) is 4.66. The molecule has 0 atom stereocenters. The molecule has 37 heavy (non-hydrogen) atoms. The molecular formula is C26H35N5O5S. The zero-order valence-corrected chi connectivity index (χ0v) is 22.6. The van der Waals surface area contributed by atoms with Gasteiger partial charge < -0.3 is 25.4 Å². The van der Waals surface area contributed by atoms with Crippen LogP contribution in [0, 0.1) is 0 Å². The molecule has 2 aromatic carbocycles. The maximum absolute atomic E-state index is 12.9. The lowest BCUT2D eigenvalue weighted by molar-refractivity contribution is -0.110. The van der Waals surface area contributed by atoms with Gasteiger partial charge in [0.2, 0.25) is 10.0 Å².